The Morgan fingerprint density at radius 3 is 2.73 bits per heavy atom. The maximum atomic E-state index is 13.0. The van der Waals surface area contributed by atoms with Crippen molar-refractivity contribution in [3.63, 3.8) is 0 Å². The number of hydrogen-bond donors (Lipinski definition) is 0. The summed E-state index contributed by atoms with van der Waals surface area (Å²) in [6, 6.07) is 16.2. The zero-order valence-electron chi connectivity index (χ0n) is 14.0. The maximum Gasteiger partial charge on any atom is 0.235 e. The van der Waals surface area contributed by atoms with Crippen LogP contribution in [-0.2, 0) is 6.61 Å². The Morgan fingerprint density at radius 1 is 1.08 bits per heavy atom. The number of benzene rings is 2. The summed E-state index contributed by atoms with van der Waals surface area (Å²) < 4.78 is 17.2. The van der Waals surface area contributed by atoms with E-state index < -0.39 is 0 Å². The first-order chi connectivity index (χ1) is 12.6. The lowest BCUT2D eigenvalue weighted by Gasteiger charge is -2.11. The number of ether oxygens (including phenoxy) is 1. The molecule has 26 heavy (non-hydrogen) atoms. The summed E-state index contributed by atoms with van der Waals surface area (Å²) in [6.45, 7) is 2.13. The Hall–Kier alpha value is -2.98. The van der Waals surface area contributed by atoms with E-state index in [2.05, 4.69) is 0 Å². The molecule has 0 bridgehead atoms. The normalized spacial score (nSPS) is 11.0. The summed E-state index contributed by atoms with van der Waals surface area (Å²) in [5, 5.41) is 1.07. The van der Waals surface area contributed by atoms with Gasteiger partial charge in [-0.3, -0.25) is 4.79 Å². The standard InChI is InChI=1S/C21H15ClO4/c1-13-7-8-16-18(10-13)26-20(17-6-3-9-24-17)21(19(16)23)25-12-14-4-2-5-15(22)11-14/h2-11H,12H2,1H3. The van der Waals surface area contributed by atoms with E-state index in [1.807, 2.05) is 31.2 Å². The predicted molar refractivity (Wildman–Crippen MR) is 101 cm³/mol. The molecule has 2 aromatic heterocycles. The lowest BCUT2D eigenvalue weighted by Crippen LogP contribution is -2.10. The van der Waals surface area contributed by atoms with Crippen molar-refractivity contribution in [1.82, 2.24) is 0 Å². The van der Waals surface area contributed by atoms with E-state index in [0.29, 0.717) is 21.8 Å². The van der Waals surface area contributed by atoms with Crippen LogP contribution >= 0.6 is 11.6 Å². The van der Waals surface area contributed by atoms with Crippen LogP contribution in [0.15, 0.2) is 74.5 Å². The van der Waals surface area contributed by atoms with Gasteiger partial charge in [-0.15, -0.1) is 0 Å². The van der Waals surface area contributed by atoms with Crippen LogP contribution in [0, 0.1) is 6.92 Å². The van der Waals surface area contributed by atoms with Gasteiger partial charge in [0.25, 0.3) is 0 Å². The first kappa shape index (κ1) is 16.5. The van der Waals surface area contributed by atoms with E-state index in [0.717, 1.165) is 11.1 Å². The average Bonchev–Trinajstić information content (AvgIpc) is 3.15. The van der Waals surface area contributed by atoms with Gasteiger partial charge in [0.1, 0.15) is 12.2 Å². The largest absolute Gasteiger partial charge is 0.481 e. The molecule has 4 rings (SSSR count). The molecule has 2 aromatic carbocycles. The molecule has 0 radical (unpaired) electrons. The fraction of sp³-hybridized carbons (Fsp3) is 0.0952. The molecule has 0 fully saturated rings. The molecule has 0 saturated carbocycles. The fourth-order valence-electron chi connectivity index (χ4n) is 2.77. The first-order valence-electron chi connectivity index (χ1n) is 8.10. The van der Waals surface area contributed by atoms with Gasteiger partial charge < -0.3 is 13.6 Å². The van der Waals surface area contributed by atoms with E-state index >= 15 is 0 Å². The van der Waals surface area contributed by atoms with Gasteiger partial charge in [0, 0.05) is 5.02 Å². The van der Waals surface area contributed by atoms with E-state index in [-0.39, 0.29) is 23.5 Å². The Kier molecular flexibility index (Phi) is 4.27. The van der Waals surface area contributed by atoms with Gasteiger partial charge in [0.2, 0.25) is 16.9 Å². The highest BCUT2D eigenvalue weighted by Crippen LogP contribution is 2.32. The quantitative estimate of drug-likeness (QED) is 0.472. The first-order valence-corrected chi connectivity index (χ1v) is 8.48. The van der Waals surface area contributed by atoms with Crippen molar-refractivity contribution in [2.24, 2.45) is 0 Å². The van der Waals surface area contributed by atoms with Crippen LogP contribution in [0.3, 0.4) is 0 Å². The van der Waals surface area contributed by atoms with Crippen LogP contribution in [0.2, 0.25) is 5.02 Å². The molecule has 0 amide bonds. The maximum absolute atomic E-state index is 13.0. The minimum atomic E-state index is -0.236. The molecule has 0 unspecified atom stereocenters. The van der Waals surface area contributed by atoms with Crippen LogP contribution in [0.1, 0.15) is 11.1 Å². The molecule has 0 aliphatic rings. The number of rotatable bonds is 4. The van der Waals surface area contributed by atoms with E-state index in [1.165, 1.54) is 6.26 Å². The van der Waals surface area contributed by atoms with Gasteiger partial charge in [-0.1, -0.05) is 29.8 Å². The monoisotopic (exact) mass is 366 g/mol. The van der Waals surface area contributed by atoms with E-state index in [1.54, 1.807) is 30.3 Å². The van der Waals surface area contributed by atoms with E-state index in [9.17, 15) is 4.79 Å². The lowest BCUT2D eigenvalue weighted by atomic mass is 10.1. The van der Waals surface area contributed by atoms with Crippen LogP contribution < -0.4 is 10.2 Å². The van der Waals surface area contributed by atoms with Crippen molar-refractivity contribution in [3.05, 3.63) is 87.2 Å². The Labute approximate surface area is 154 Å². The van der Waals surface area contributed by atoms with E-state index in [4.69, 9.17) is 25.2 Å². The molecule has 2 heterocycles. The smallest absolute Gasteiger partial charge is 0.235 e. The molecule has 5 heteroatoms. The fourth-order valence-corrected chi connectivity index (χ4v) is 2.98. The van der Waals surface area contributed by atoms with Crippen LogP contribution in [-0.4, -0.2) is 0 Å². The number of furan rings is 1. The van der Waals surface area contributed by atoms with Gasteiger partial charge in [-0.2, -0.15) is 0 Å². The lowest BCUT2D eigenvalue weighted by molar-refractivity contribution is 0.296. The molecule has 4 nitrogen and oxygen atoms in total. The molecule has 0 N–H and O–H groups in total. The molecule has 0 aliphatic heterocycles. The summed E-state index contributed by atoms with van der Waals surface area (Å²) in [4.78, 5) is 13.0. The third-order valence-corrected chi connectivity index (χ3v) is 4.26. The zero-order chi connectivity index (χ0) is 18.1. The Morgan fingerprint density at radius 2 is 1.96 bits per heavy atom. The topological polar surface area (TPSA) is 52.6 Å². The molecule has 130 valence electrons. The molecule has 0 saturated heterocycles. The zero-order valence-corrected chi connectivity index (χ0v) is 14.7. The van der Waals surface area contributed by atoms with Gasteiger partial charge >= 0.3 is 0 Å². The molecular weight excluding hydrogens is 352 g/mol. The second kappa shape index (κ2) is 6.73. The minimum absolute atomic E-state index is 0.122. The van der Waals surface area contributed by atoms with Crippen LogP contribution in [0.5, 0.6) is 5.75 Å². The van der Waals surface area contributed by atoms with Crippen LogP contribution in [0.25, 0.3) is 22.5 Å². The Bertz CT molecular complexity index is 1130. The summed E-state index contributed by atoms with van der Waals surface area (Å²) in [5.74, 6) is 0.836. The molecule has 0 aliphatic carbocycles. The second-order valence-electron chi connectivity index (χ2n) is 5.98. The van der Waals surface area contributed by atoms with Gasteiger partial charge in [-0.25, -0.2) is 0 Å². The number of hydrogen-bond acceptors (Lipinski definition) is 4. The third-order valence-electron chi connectivity index (χ3n) is 4.02. The van der Waals surface area contributed by atoms with Crippen molar-refractivity contribution < 1.29 is 13.6 Å². The summed E-state index contributed by atoms with van der Waals surface area (Å²) in [7, 11) is 0. The van der Waals surface area contributed by atoms with Crippen molar-refractivity contribution >= 4 is 22.6 Å². The third kappa shape index (κ3) is 3.11. The molecule has 4 aromatic rings. The highest BCUT2D eigenvalue weighted by atomic mass is 35.5. The highest BCUT2D eigenvalue weighted by molar-refractivity contribution is 6.30. The SMILES string of the molecule is Cc1ccc2c(=O)c(OCc3cccc(Cl)c3)c(-c3ccco3)oc2c1. The van der Waals surface area contributed by atoms with Gasteiger partial charge in [-0.05, 0) is 54.4 Å². The summed E-state index contributed by atoms with van der Waals surface area (Å²) in [5.41, 5.74) is 2.11. The number of fused-ring (bicyclic) bond motifs is 1. The minimum Gasteiger partial charge on any atom is -0.481 e. The predicted octanol–water partition coefficient (Wildman–Crippen LogP) is 5.59. The molecular formula is C21H15ClO4. The molecule has 0 atom stereocenters. The Balaban J connectivity index is 1.83. The highest BCUT2D eigenvalue weighted by Gasteiger charge is 2.19. The summed E-state index contributed by atoms with van der Waals surface area (Å²) >= 11 is 6.01. The van der Waals surface area contributed by atoms with Gasteiger partial charge in [0.05, 0.1) is 11.6 Å². The van der Waals surface area contributed by atoms with Crippen molar-refractivity contribution in [3.8, 4) is 17.3 Å². The van der Waals surface area contributed by atoms with Crippen molar-refractivity contribution in [2.45, 2.75) is 13.5 Å². The van der Waals surface area contributed by atoms with Crippen molar-refractivity contribution in [1.29, 1.82) is 0 Å². The summed E-state index contributed by atoms with van der Waals surface area (Å²) in [6.07, 6.45) is 1.52. The number of halogens is 1. The average molecular weight is 367 g/mol. The second-order valence-corrected chi connectivity index (χ2v) is 6.42. The number of aryl methyl sites for hydroxylation is 1. The van der Waals surface area contributed by atoms with Crippen LogP contribution in [0.4, 0.5) is 0 Å². The van der Waals surface area contributed by atoms with Gasteiger partial charge in [0.15, 0.2) is 5.76 Å². The molecule has 0 spiro atoms. The van der Waals surface area contributed by atoms with Crippen molar-refractivity contribution in [2.75, 3.05) is 0 Å².